The van der Waals surface area contributed by atoms with Gasteiger partial charge in [0.1, 0.15) is 29.8 Å². The first kappa shape index (κ1) is 13.6. The Bertz CT molecular complexity index is 555. The molecule has 1 unspecified atom stereocenters. The maximum atomic E-state index is 13.8. The summed E-state index contributed by atoms with van der Waals surface area (Å²) in [6, 6.07) is 2.48. The average molecular weight is 267 g/mol. The van der Waals surface area contributed by atoms with Gasteiger partial charge in [-0.3, -0.25) is 5.84 Å². The first-order valence-electron chi connectivity index (χ1n) is 5.96. The molecule has 0 spiro atoms. The third kappa shape index (κ3) is 2.77. The van der Waals surface area contributed by atoms with Crippen molar-refractivity contribution in [2.75, 3.05) is 0 Å². The molecule has 2 rings (SSSR count). The summed E-state index contributed by atoms with van der Waals surface area (Å²) in [5.41, 5.74) is 2.56. The summed E-state index contributed by atoms with van der Waals surface area (Å²) in [5.74, 6) is 4.84. The monoisotopic (exact) mass is 267 g/mol. The molecule has 5 nitrogen and oxygen atoms in total. The fraction of sp³-hybridized carbons (Fsp3) is 0.333. The largest absolute Gasteiger partial charge is 0.270 e. The molecule has 0 amide bonds. The lowest BCUT2D eigenvalue weighted by molar-refractivity contribution is 0.489. The van der Waals surface area contributed by atoms with Gasteiger partial charge in [-0.1, -0.05) is 6.92 Å². The van der Waals surface area contributed by atoms with E-state index in [2.05, 4.69) is 15.5 Å². The molecule has 0 aliphatic rings. The van der Waals surface area contributed by atoms with Crippen molar-refractivity contribution in [3.63, 3.8) is 0 Å². The number of nitrogens with one attached hydrogen (secondary N) is 1. The molecule has 0 aliphatic heterocycles. The Morgan fingerprint density at radius 3 is 2.89 bits per heavy atom. The van der Waals surface area contributed by atoms with Crippen LogP contribution in [0.1, 0.15) is 30.8 Å². The summed E-state index contributed by atoms with van der Waals surface area (Å²) in [6.07, 6.45) is 2.21. The fourth-order valence-corrected chi connectivity index (χ4v) is 1.92. The minimum absolute atomic E-state index is 0.104. The van der Waals surface area contributed by atoms with Crippen molar-refractivity contribution in [2.24, 2.45) is 5.84 Å². The quantitative estimate of drug-likeness (QED) is 0.636. The molecule has 1 aromatic heterocycles. The first-order valence-corrected chi connectivity index (χ1v) is 5.96. The molecule has 0 bridgehead atoms. The Balaban J connectivity index is 2.44. The second-order valence-electron chi connectivity index (χ2n) is 4.11. The van der Waals surface area contributed by atoms with E-state index in [1.165, 1.54) is 6.33 Å². The Hall–Kier alpha value is -1.86. The van der Waals surface area contributed by atoms with Crippen LogP contribution in [0.2, 0.25) is 0 Å². The van der Waals surface area contributed by atoms with Gasteiger partial charge in [0.05, 0.1) is 0 Å². The lowest BCUT2D eigenvalue weighted by atomic mass is 10.1. The van der Waals surface area contributed by atoms with Crippen LogP contribution in [0.4, 0.5) is 8.78 Å². The SMILES string of the molecule is CCCn1ncnc1C(NN)c1cc(F)ccc1F. The lowest BCUT2D eigenvalue weighted by Gasteiger charge is -2.17. The number of aromatic nitrogens is 3. The van der Waals surface area contributed by atoms with Gasteiger partial charge in [0.15, 0.2) is 0 Å². The van der Waals surface area contributed by atoms with Crippen LogP contribution < -0.4 is 11.3 Å². The molecule has 19 heavy (non-hydrogen) atoms. The molecule has 0 fully saturated rings. The number of halogens is 2. The smallest absolute Gasteiger partial charge is 0.149 e. The van der Waals surface area contributed by atoms with Crippen LogP contribution in [0.25, 0.3) is 0 Å². The second-order valence-corrected chi connectivity index (χ2v) is 4.11. The summed E-state index contributed by atoms with van der Waals surface area (Å²) in [5, 5.41) is 4.05. The molecule has 0 aliphatic carbocycles. The molecular weight excluding hydrogens is 252 g/mol. The fourth-order valence-electron chi connectivity index (χ4n) is 1.92. The number of nitrogens with zero attached hydrogens (tertiary/aromatic N) is 3. The zero-order valence-corrected chi connectivity index (χ0v) is 10.5. The molecule has 0 saturated heterocycles. The average Bonchev–Trinajstić information content (AvgIpc) is 2.83. The molecule has 102 valence electrons. The van der Waals surface area contributed by atoms with Gasteiger partial charge in [-0.15, -0.1) is 0 Å². The topological polar surface area (TPSA) is 68.8 Å². The van der Waals surface area contributed by atoms with Gasteiger partial charge in [-0.05, 0) is 24.6 Å². The van der Waals surface area contributed by atoms with Crippen molar-refractivity contribution in [3.8, 4) is 0 Å². The highest BCUT2D eigenvalue weighted by molar-refractivity contribution is 5.27. The summed E-state index contributed by atoms with van der Waals surface area (Å²) in [4.78, 5) is 4.07. The summed E-state index contributed by atoms with van der Waals surface area (Å²) >= 11 is 0. The van der Waals surface area contributed by atoms with Gasteiger partial charge in [-0.25, -0.2) is 23.9 Å². The van der Waals surface area contributed by atoms with Crippen LogP contribution in [0, 0.1) is 11.6 Å². The molecule has 7 heteroatoms. The van der Waals surface area contributed by atoms with Crippen molar-refractivity contribution in [2.45, 2.75) is 25.9 Å². The Morgan fingerprint density at radius 1 is 1.42 bits per heavy atom. The zero-order chi connectivity index (χ0) is 13.8. The van der Waals surface area contributed by atoms with Gasteiger partial charge >= 0.3 is 0 Å². The highest BCUT2D eigenvalue weighted by atomic mass is 19.1. The molecule has 1 heterocycles. The van der Waals surface area contributed by atoms with E-state index >= 15 is 0 Å². The van der Waals surface area contributed by atoms with Crippen molar-refractivity contribution in [1.29, 1.82) is 0 Å². The summed E-state index contributed by atoms with van der Waals surface area (Å²) < 4.78 is 28.7. The van der Waals surface area contributed by atoms with E-state index in [4.69, 9.17) is 5.84 Å². The van der Waals surface area contributed by atoms with Crippen LogP contribution in [-0.2, 0) is 6.54 Å². The Kier molecular flexibility index (Phi) is 4.18. The van der Waals surface area contributed by atoms with Gasteiger partial charge in [0, 0.05) is 12.1 Å². The van der Waals surface area contributed by atoms with Crippen molar-refractivity contribution < 1.29 is 8.78 Å². The van der Waals surface area contributed by atoms with Crippen molar-refractivity contribution >= 4 is 0 Å². The van der Waals surface area contributed by atoms with Gasteiger partial charge in [-0.2, -0.15) is 5.10 Å². The molecular formula is C12H15F2N5. The summed E-state index contributed by atoms with van der Waals surface area (Å²) in [6.45, 7) is 2.61. The second kappa shape index (κ2) is 5.85. The van der Waals surface area contributed by atoms with Crippen LogP contribution in [0.15, 0.2) is 24.5 Å². The lowest BCUT2D eigenvalue weighted by Crippen LogP contribution is -2.32. The number of benzene rings is 1. The molecule has 1 aromatic carbocycles. The van der Waals surface area contributed by atoms with Crippen LogP contribution >= 0.6 is 0 Å². The number of hydrazine groups is 1. The van der Waals surface area contributed by atoms with Crippen LogP contribution in [0.3, 0.4) is 0 Å². The molecule has 3 N–H and O–H groups in total. The van der Waals surface area contributed by atoms with E-state index in [9.17, 15) is 8.78 Å². The van der Waals surface area contributed by atoms with E-state index < -0.39 is 17.7 Å². The number of hydrogen-bond donors (Lipinski definition) is 2. The normalized spacial score (nSPS) is 12.6. The third-order valence-corrected chi connectivity index (χ3v) is 2.77. The predicted molar refractivity (Wildman–Crippen MR) is 65.8 cm³/mol. The molecule has 2 aromatic rings. The number of nitrogens with two attached hydrogens (primary N) is 1. The van der Waals surface area contributed by atoms with Crippen molar-refractivity contribution in [1.82, 2.24) is 20.2 Å². The standard InChI is InChI=1S/C12H15F2N5/c1-2-5-19-12(16-7-17-19)11(18-15)9-6-8(13)3-4-10(9)14/h3-4,6-7,11,18H,2,5,15H2,1H3. The minimum Gasteiger partial charge on any atom is -0.270 e. The maximum Gasteiger partial charge on any atom is 0.149 e. The number of aryl methyl sites for hydroxylation is 1. The molecule has 0 radical (unpaired) electrons. The Labute approximate surface area is 109 Å². The maximum absolute atomic E-state index is 13.8. The van der Waals surface area contributed by atoms with Gasteiger partial charge in [0.25, 0.3) is 0 Å². The zero-order valence-electron chi connectivity index (χ0n) is 10.5. The predicted octanol–water partition coefficient (Wildman–Crippen LogP) is 1.52. The summed E-state index contributed by atoms with van der Waals surface area (Å²) in [7, 11) is 0. The van der Waals surface area contributed by atoms with Crippen LogP contribution in [-0.4, -0.2) is 14.8 Å². The van der Waals surface area contributed by atoms with Gasteiger partial charge < -0.3 is 0 Å². The van der Waals surface area contributed by atoms with E-state index in [1.807, 2.05) is 6.92 Å². The van der Waals surface area contributed by atoms with E-state index in [1.54, 1.807) is 4.68 Å². The van der Waals surface area contributed by atoms with E-state index in [0.29, 0.717) is 12.4 Å². The van der Waals surface area contributed by atoms with Gasteiger partial charge in [0.2, 0.25) is 0 Å². The molecule has 0 saturated carbocycles. The number of rotatable bonds is 5. The number of hydrogen-bond acceptors (Lipinski definition) is 4. The van der Waals surface area contributed by atoms with E-state index in [-0.39, 0.29) is 5.56 Å². The van der Waals surface area contributed by atoms with E-state index in [0.717, 1.165) is 24.6 Å². The Morgan fingerprint density at radius 2 is 2.21 bits per heavy atom. The van der Waals surface area contributed by atoms with Crippen LogP contribution in [0.5, 0.6) is 0 Å². The van der Waals surface area contributed by atoms with Crippen molar-refractivity contribution in [3.05, 3.63) is 47.5 Å². The third-order valence-electron chi connectivity index (χ3n) is 2.77. The molecule has 1 atom stereocenters. The highest BCUT2D eigenvalue weighted by Gasteiger charge is 2.22. The first-order chi connectivity index (χ1) is 9.17. The highest BCUT2D eigenvalue weighted by Crippen LogP contribution is 2.23. The minimum atomic E-state index is -0.746.